The molecule has 0 bridgehead atoms. The third kappa shape index (κ3) is 3.13. The van der Waals surface area contributed by atoms with E-state index in [0.29, 0.717) is 0 Å². The standard InChI is InChI=1S/C12H14O3/c1-9-8-11(14-2)6-4-10(9)5-7-12(13)15-3/h4-8H,1-3H3/b7-5+. The number of methoxy groups -OCH3 is 2. The molecule has 0 unspecified atom stereocenters. The molecular formula is C12H14O3. The molecule has 0 aliphatic rings. The molecule has 0 aliphatic heterocycles. The molecule has 0 saturated heterocycles. The largest absolute Gasteiger partial charge is 0.497 e. The van der Waals surface area contributed by atoms with Gasteiger partial charge in [-0.15, -0.1) is 0 Å². The highest BCUT2D eigenvalue weighted by Gasteiger charge is 1.98. The van der Waals surface area contributed by atoms with Gasteiger partial charge in [0.1, 0.15) is 5.75 Å². The summed E-state index contributed by atoms with van der Waals surface area (Å²) < 4.78 is 9.59. The lowest BCUT2D eigenvalue weighted by Crippen LogP contribution is -1.93. The number of hydrogen-bond donors (Lipinski definition) is 0. The van der Waals surface area contributed by atoms with Crippen LogP contribution in [0.25, 0.3) is 6.08 Å². The average Bonchev–Trinajstić information content (AvgIpc) is 2.26. The Morgan fingerprint density at radius 2 is 2.07 bits per heavy atom. The Bertz CT molecular complexity index is 380. The Balaban J connectivity index is 2.87. The third-order valence-electron chi connectivity index (χ3n) is 2.08. The number of hydrogen-bond acceptors (Lipinski definition) is 3. The van der Waals surface area contributed by atoms with Crippen LogP contribution >= 0.6 is 0 Å². The van der Waals surface area contributed by atoms with E-state index in [4.69, 9.17) is 4.74 Å². The van der Waals surface area contributed by atoms with Crippen molar-refractivity contribution in [3.63, 3.8) is 0 Å². The van der Waals surface area contributed by atoms with Gasteiger partial charge in [0, 0.05) is 6.08 Å². The number of esters is 1. The van der Waals surface area contributed by atoms with E-state index in [0.717, 1.165) is 16.9 Å². The Morgan fingerprint density at radius 1 is 1.33 bits per heavy atom. The molecule has 3 heteroatoms. The molecule has 1 aromatic carbocycles. The zero-order valence-corrected chi connectivity index (χ0v) is 9.11. The van der Waals surface area contributed by atoms with Crippen molar-refractivity contribution in [2.24, 2.45) is 0 Å². The molecule has 0 heterocycles. The second-order valence-electron chi connectivity index (χ2n) is 3.08. The normalized spacial score (nSPS) is 10.3. The van der Waals surface area contributed by atoms with Gasteiger partial charge in [-0.1, -0.05) is 6.07 Å². The van der Waals surface area contributed by atoms with Crippen LogP contribution in [0.4, 0.5) is 0 Å². The van der Waals surface area contributed by atoms with E-state index in [1.807, 2.05) is 25.1 Å². The Morgan fingerprint density at radius 3 is 2.60 bits per heavy atom. The maximum absolute atomic E-state index is 10.9. The zero-order valence-electron chi connectivity index (χ0n) is 9.11. The summed E-state index contributed by atoms with van der Waals surface area (Å²) in [6, 6.07) is 5.66. The van der Waals surface area contributed by atoms with Crippen molar-refractivity contribution in [3.05, 3.63) is 35.4 Å². The fourth-order valence-corrected chi connectivity index (χ4v) is 1.19. The number of carbonyl (C=O) groups excluding carboxylic acids is 1. The summed E-state index contributed by atoms with van der Waals surface area (Å²) in [5, 5.41) is 0. The fourth-order valence-electron chi connectivity index (χ4n) is 1.19. The minimum Gasteiger partial charge on any atom is -0.497 e. The number of rotatable bonds is 3. The first kappa shape index (κ1) is 11.3. The second-order valence-corrected chi connectivity index (χ2v) is 3.08. The van der Waals surface area contributed by atoms with Crippen molar-refractivity contribution in [1.29, 1.82) is 0 Å². The topological polar surface area (TPSA) is 35.5 Å². The van der Waals surface area contributed by atoms with Gasteiger partial charge in [-0.2, -0.15) is 0 Å². The van der Waals surface area contributed by atoms with Gasteiger partial charge in [0.05, 0.1) is 14.2 Å². The molecule has 15 heavy (non-hydrogen) atoms. The van der Waals surface area contributed by atoms with Gasteiger partial charge in [0.25, 0.3) is 0 Å². The zero-order chi connectivity index (χ0) is 11.3. The molecule has 3 nitrogen and oxygen atoms in total. The van der Waals surface area contributed by atoms with Crippen LogP contribution in [0.15, 0.2) is 24.3 Å². The van der Waals surface area contributed by atoms with Crippen molar-refractivity contribution >= 4 is 12.0 Å². The SMILES string of the molecule is COC(=O)/C=C/c1ccc(OC)cc1C. The van der Waals surface area contributed by atoms with Gasteiger partial charge in [0.15, 0.2) is 0 Å². The number of aryl methyl sites for hydroxylation is 1. The maximum Gasteiger partial charge on any atom is 0.330 e. The van der Waals surface area contributed by atoms with Crippen molar-refractivity contribution in [3.8, 4) is 5.75 Å². The lowest BCUT2D eigenvalue weighted by molar-refractivity contribution is -0.134. The fraction of sp³-hybridized carbons (Fsp3) is 0.250. The first-order valence-electron chi connectivity index (χ1n) is 4.58. The van der Waals surface area contributed by atoms with E-state index in [2.05, 4.69) is 4.74 Å². The molecule has 0 N–H and O–H groups in total. The smallest absolute Gasteiger partial charge is 0.330 e. The maximum atomic E-state index is 10.9. The molecule has 1 rings (SSSR count). The van der Waals surface area contributed by atoms with Gasteiger partial charge < -0.3 is 9.47 Å². The molecule has 0 radical (unpaired) electrons. The summed E-state index contributed by atoms with van der Waals surface area (Å²) in [4.78, 5) is 10.9. The molecule has 0 saturated carbocycles. The molecule has 0 aliphatic carbocycles. The van der Waals surface area contributed by atoms with Gasteiger partial charge in [-0.25, -0.2) is 4.79 Å². The van der Waals surface area contributed by atoms with Crippen LogP contribution in [0, 0.1) is 6.92 Å². The van der Waals surface area contributed by atoms with Crippen molar-refractivity contribution < 1.29 is 14.3 Å². The van der Waals surface area contributed by atoms with Crippen molar-refractivity contribution in [2.45, 2.75) is 6.92 Å². The summed E-state index contributed by atoms with van der Waals surface area (Å²) >= 11 is 0. The van der Waals surface area contributed by atoms with E-state index < -0.39 is 0 Å². The molecule has 80 valence electrons. The van der Waals surface area contributed by atoms with E-state index in [9.17, 15) is 4.79 Å². The molecular weight excluding hydrogens is 192 g/mol. The van der Waals surface area contributed by atoms with Gasteiger partial charge in [0.2, 0.25) is 0 Å². The van der Waals surface area contributed by atoms with E-state index in [1.54, 1.807) is 13.2 Å². The first-order valence-corrected chi connectivity index (χ1v) is 4.58. The predicted octanol–water partition coefficient (Wildman–Crippen LogP) is 2.19. The third-order valence-corrected chi connectivity index (χ3v) is 2.08. The molecule has 1 aromatic rings. The predicted molar refractivity (Wildman–Crippen MR) is 58.8 cm³/mol. The van der Waals surface area contributed by atoms with Gasteiger partial charge in [-0.05, 0) is 36.3 Å². The lowest BCUT2D eigenvalue weighted by atomic mass is 10.1. The van der Waals surface area contributed by atoms with Crippen molar-refractivity contribution in [1.82, 2.24) is 0 Å². The highest BCUT2D eigenvalue weighted by Crippen LogP contribution is 2.17. The van der Waals surface area contributed by atoms with Gasteiger partial charge >= 0.3 is 5.97 Å². The highest BCUT2D eigenvalue weighted by atomic mass is 16.5. The van der Waals surface area contributed by atoms with E-state index >= 15 is 0 Å². The van der Waals surface area contributed by atoms with Crippen LogP contribution in [-0.2, 0) is 9.53 Å². The quantitative estimate of drug-likeness (QED) is 0.561. The summed E-state index contributed by atoms with van der Waals surface area (Å²) in [5.41, 5.74) is 2.02. The average molecular weight is 206 g/mol. The molecule has 0 aromatic heterocycles. The second kappa shape index (κ2) is 5.20. The Hall–Kier alpha value is -1.77. The highest BCUT2D eigenvalue weighted by molar-refractivity contribution is 5.87. The minimum atomic E-state index is -0.356. The van der Waals surface area contributed by atoms with E-state index in [-0.39, 0.29) is 5.97 Å². The summed E-state index contributed by atoms with van der Waals surface area (Å²) in [6.07, 6.45) is 3.12. The molecule has 0 spiro atoms. The van der Waals surface area contributed by atoms with Crippen LogP contribution in [0.3, 0.4) is 0 Å². The Labute approximate surface area is 89.3 Å². The monoisotopic (exact) mass is 206 g/mol. The molecule has 0 fully saturated rings. The summed E-state index contributed by atoms with van der Waals surface area (Å²) in [5.74, 6) is 0.452. The number of carbonyl (C=O) groups is 1. The summed E-state index contributed by atoms with van der Waals surface area (Å²) in [7, 11) is 2.98. The van der Waals surface area contributed by atoms with E-state index in [1.165, 1.54) is 13.2 Å². The lowest BCUT2D eigenvalue weighted by Gasteiger charge is -2.03. The molecule has 0 atom stereocenters. The van der Waals surface area contributed by atoms with Crippen LogP contribution in [-0.4, -0.2) is 20.2 Å². The molecule has 0 amide bonds. The minimum absolute atomic E-state index is 0.356. The Kier molecular flexibility index (Phi) is 3.92. The van der Waals surface area contributed by atoms with Crippen LogP contribution in [0.2, 0.25) is 0 Å². The van der Waals surface area contributed by atoms with Crippen LogP contribution < -0.4 is 4.74 Å². The van der Waals surface area contributed by atoms with Crippen LogP contribution in [0.1, 0.15) is 11.1 Å². The van der Waals surface area contributed by atoms with Crippen LogP contribution in [0.5, 0.6) is 5.75 Å². The first-order chi connectivity index (χ1) is 7.17. The number of benzene rings is 1. The number of ether oxygens (including phenoxy) is 2. The summed E-state index contributed by atoms with van der Waals surface area (Å²) in [6.45, 7) is 1.96. The van der Waals surface area contributed by atoms with Gasteiger partial charge in [-0.3, -0.25) is 0 Å². The van der Waals surface area contributed by atoms with Crippen molar-refractivity contribution in [2.75, 3.05) is 14.2 Å².